The van der Waals surface area contributed by atoms with Gasteiger partial charge >= 0.3 is 0 Å². The summed E-state index contributed by atoms with van der Waals surface area (Å²) >= 11 is 0. The van der Waals surface area contributed by atoms with Gasteiger partial charge in [0.15, 0.2) is 0 Å². The molecule has 4 aliphatic rings. The van der Waals surface area contributed by atoms with Crippen molar-refractivity contribution in [1.29, 1.82) is 0 Å². The normalized spacial score (nSPS) is 17.5. The molecule has 0 saturated carbocycles. The van der Waals surface area contributed by atoms with Crippen LogP contribution in [-0.4, -0.2) is 35.8 Å². The number of nitrogens with zero attached hydrogens (tertiary/aromatic N) is 6. The van der Waals surface area contributed by atoms with Gasteiger partial charge in [0.05, 0.1) is 45.2 Å². The van der Waals surface area contributed by atoms with Gasteiger partial charge in [-0.15, -0.1) is 0 Å². The number of benzene rings is 8. The van der Waals surface area contributed by atoms with Gasteiger partial charge < -0.3 is 18.6 Å². The summed E-state index contributed by atoms with van der Waals surface area (Å²) in [4.78, 5) is 11.6. The number of hydrogen-bond acceptors (Lipinski definition) is 3. The number of anilines is 1. The van der Waals surface area contributed by atoms with Crippen LogP contribution < -0.4 is 4.90 Å². The zero-order valence-corrected chi connectivity index (χ0v) is 45.0. The Labute approximate surface area is 475 Å². The summed E-state index contributed by atoms with van der Waals surface area (Å²) in [5, 5.41) is 7.49. The quantitative estimate of drug-likeness (QED) is 0.152. The van der Waals surface area contributed by atoms with Gasteiger partial charge in [0.25, 0.3) is 0 Å². The molecule has 0 N–H and O–H groups in total. The number of fused-ring (bicyclic) bond motifs is 12. The minimum Gasteiger partial charge on any atom is -0.357 e. The Hall–Kier alpha value is -10.3. The van der Waals surface area contributed by atoms with Gasteiger partial charge in [-0.3, -0.25) is 9.97 Å². The maximum Gasteiger partial charge on any atom is 0.0583 e. The summed E-state index contributed by atoms with van der Waals surface area (Å²) in [6, 6.07) is 72.7. The molecule has 6 heteroatoms. The third-order valence-corrected chi connectivity index (χ3v) is 18.0. The molecule has 388 valence electrons. The maximum absolute atomic E-state index is 4.45. The van der Waals surface area contributed by atoms with E-state index in [1.54, 1.807) is 0 Å². The highest BCUT2D eigenvalue weighted by Crippen LogP contribution is 2.50. The predicted octanol–water partition coefficient (Wildman–Crippen LogP) is 18.7. The zero-order valence-electron chi connectivity index (χ0n) is 45.0. The molecular formula is C76H54N6. The van der Waals surface area contributed by atoms with E-state index in [0.717, 1.165) is 52.9 Å². The number of pyridine rings is 2. The highest BCUT2D eigenvalue weighted by Gasteiger charge is 2.45. The highest BCUT2D eigenvalue weighted by atomic mass is 15.2. The lowest BCUT2D eigenvalue weighted by Gasteiger charge is -2.33. The Balaban J connectivity index is 0.785. The summed E-state index contributed by atoms with van der Waals surface area (Å²) in [5.74, 6) is 0.217. The van der Waals surface area contributed by atoms with Crippen molar-refractivity contribution in [2.24, 2.45) is 5.92 Å². The number of hydrogen-bond donors (Lipinski definition) is 0. The third kappa shape index (κ3) is 7.20. The lowest BCUT2D eigenvalue weighted by atomic mass is 9.81. The van der Waals surface area contributed by atoms with Gasteiger partial charge in [0, 0.05) is 96.9 Å². The molecule has 82 heavy (non-hydrogen) atoms. The molecule has 6 heterocycles. The van der Waals surface area contributed by atoms with E-state index in [9.17, 15) is 0 Å². The Kier molecular flexibility index (Phi) is 10.6. The number of rotatable bonds is 8. The zero-order chi connectivity index (χ0) is 53.8. The van der Waals surface area contributed by atoms with Crippen LogP contribution in [0.2, 0.25) is 0 Å². The van der Waals surface area contributed by atoms with E-state index in [2.05, 4.69) is 265 Å². The van der Waals surface area contributed by atoms with Crippen LogP contribution in [0.1, 0.15) is 24.8 Å². The summed E-state index contributed by atoms with van der Waals surface area (Å²) in [6.07, 6.45) is 31.6. The molecule has 17 rings (SSSR count). The van der Waals surface area contributed by atoms with Crippen LogP contribution in [0.4, 0.5) is 5.69 Å². The molecule has 13 aromatic rings. The first-order valence-corrected chi connectivity index (χ1v) is 28.8. The van der Waals surface area contributed by atoms with Crippen molar-refractivity contribution in [3.63, 3.8) is 0 Å². The average molecular weight is 1050 g/mol. The molecule has 0 amide bonds. The first-order chi connectivity index (χ1) is 40.7. The van der Waals surface area contributed by atoms with Crippen molar-refractivity contribution in [3.05, 3.63) is 285 Å². The fourth-order valence-electron chi connectivity index (χ4n) is 14.4. The molecule has 3 atom stereocenters. The number of aromatic nitrogens is 5. The molecule has 5 aromatic heterocycles. The second-order valence-electron chi connectivity index (χ2n) is 22.3. The van der Waals surface area contributed by atoms with Crippen LogP contribution in [0.5, 0.6) is 0 Å². The Morgan fingerprint density at radius 2 is 1.00 bits per heavy atom. The lowest BCUT2D eigenvalue weighted by Crippen LogP contribution is -2.37. The molecule has 1 fully saturated rings. The molecule has 0 spiro atoms. The van der Waals surface area contributed by atoms with Crippen LogP contribution in [0.25, 0.3) is 121 Å². The standard InChI is InChI=1S/C76H54N6/c1-3-15-49(16-4-1)50-29-37-71-65(43-50)66-46-58(36-40-72(66)79(71)55-19-5-2-6-20-55)82-68-26-10-8-22-62(68)76-60(24-12-28-74(76)82)59-23-11-27-73-75(59)61-21-7-9-25-67(61)81(73)57-34-32-56(33-35-57)80-69-38-30-51(53-17-13-41-77-47-53)44-63(69)64-45-52(31-39-70(64)80)54-18-14-42-78-48-54/h1-5,7-19,21-26,28-48,61,67,73H,6,20,27H2. The molecule has 0 bridgehead atoms. The summed E-state index contributed by atoms with van der Waals surface area (Å²) < 4.78 is 7.45. The van der Waals surface area contributed by atoms with Crippen molar-refractivity contribution in [2.75, 3.05) is 4.90 Å². The molecule has 1 saturated heterocycles. The van der Waals surface area contributed by atoms with Crippen LogP contribution in [-0.2, 0) is 0 Å². The van der Waals surface area contributed by atoms with Gasteiger partial charge in [-0.2, -0.15) is 0 Å². The smallest absolute Gasteiger partial charge is 0.0583 e. The van der Waals surface area contributed by atoms with Gasteiger partial charge in [0.2, 0.25) is 0 Å². The van der Waals surface area contributed by atoms with Crippen molar-refractivity contribution in [2.45, 2.75) is 31.3 Å². The van der Waals surface area contributed by atoms with E-state index in [1.165, 1.54) is 105 Å². The second-order valence-corrected chi connectivity index (χ2v) is 22.3. The van der Waals surface area contributed by atoms with Crippen molar-refractivity contribution in [1.82, 2.24) is 23.7 Å². The average Bonchev–Trinajstić information content (AvgIpc) is 4.46. The van der Waals surface area contributed by atoms with E-state index >= 15 is 0 Å². The largest absolute Gasteiger partial charge is 0.357 e. The summed E-state index contributed by atoms with van der Waals surface area (Å²) in [6.45, 7) is 0. The van der Waals surface area contributed by atoms with Gasteiger partial charge in [-0.1, -0.05) is 140 Å². The van der Waals surface area contributed by atoms with E-state index in [-0.39, 0.29) is 18.0 Å². The molecule has 1 aliphatic heterocycles. The lowest BCUT2D eigenvalue weighted by molar-refractivity contribution is 0.673. The van der Waals surface area contributed by atoms with Crippen molar-refractivity contribution < 1.29 is 0 Å². The summed E-state index contributed by atoms with van der Waals surface area (Å²) in [7, 11) is 0. The number of para-hydroxylation sites is 1. The minimum absolute atomic E-state index is 0.174. The fraction of sp³-hybridized carbons (Fsp3) is 0.0789. The maximum atomic E-state index is 4.45. The van der Waals surface area contributed by atoms with Crippen LogP contribution in [0.15, 0.2) is 279 Å². The molecule has 8 aromatic carbocycles. The van der Waals surface area contributed by atoms with Crippen molar-refractivity contribution >= 4 is 82.4 Å². The Morgan fingerprint density at radius 3 is 1.70 bits per heavy atom. The van der Waals surface area contributed by atoms with E-state index in [4.69, 9.17) is 0 Å². The fourth-order valence-corrected chi connectivity index (χ4v) is 14.4. The summed E-state index contributed by atoms with van der Waals surface area (Å²) in [5.41, 5.74) is 23.1. The minimum atomic E-state index is 0.174. The van der Waals surface area contributed by atoms with Crippen LogP contribution in [0, 0.1) is 5.92 Å². The first kappa shape index (κ1) is 46.6. The van der Waals surface area contributed by atoms with E-state index in [0.29, 0.717) is 0 Å². The second kappa shape index (κ2) is 18.7. The van der Waals surface area contributed by atoms with Crippen molar-refractivity contribution in [3.8, 4) is 44.8 Å². The van der Waals surface area contributed by atoms with E-state index < -0.39 is 0 Å². The van der Waals surface area contributed by atoms with Gasteiger partial charge in [-0.25, -0.2) is 0 Å². The molecule has 3 unspecified atom stereocenters. The third-order valence-electron chi connectivity index (χ3n) is 18.0. The van der Waals surface area contributed by atoms with E-state index in [1.807, 2.05) is 36.9 Å². The van der Waals surface area contributed by atoms with Crippen LogP contribution in [0.3, 0.4) is 0 Å². The Morgan fingerprint density at radius 1 is 0.415 bits per heavy atom. The number of allylic oxidation sites excluding steroid dienone is 8. The highest BCUT2D eigenvalue weighted by molar-refractivity contribution is 6.17. The monoisotopic (exact) mass is 1050 g/mol. The Bertz CT molecular complexity index is 4850. The molecule has 3 aliphatic carbocycles. The predicted molar refractivity (Wildman–Crippen MR) is 342 cm³/mol. The van der Waals surface area contributed by atoms with Crippen LogP contribution >= 0.6 is 0 Å². The topological polar surface area (TPSA) is 43.8 Å². The molecule has 6 nitrogen and oxygen atoms in total. The van der Waals surface area contributed by atoms with Gasteiger partial charge in [-0.05, 0) is 167 Å². The SMILES string of the molecule is C1=CCCC(n2c3ccc(-c4ccccc4)cc3c3cc(-n4c5ccccc5c5c(C6=C7C8C=CC=CC8N(c8ccc(-n9c%10ccc(-c%11cccnc%11)cc%10c%10cc(-c%11cccnc%11)ccc%109)cc8)C7CC=C6)cccc54)ccc32)=C1. The first-order valence-electron chi connectivity index (χ1n) is 28.8. The van der Waals surface area contributed by atoms with Gasteiger partial charge in [0.1, 0.15) is 0 Å². The molecule has 0 radical (unpaired) electrons. The molecular weight excluding hydrogens is 997 g/mol.